The Balaban J connectivity index is -0.000000374. The van der Waals surface area contributed by atoms with Gasteiger partial charge < -0.3 is 22.1 Å². The van der Waals surface area contributed by atoms with Crippen LogP contribution < -0.4 is 68.2 Å². The third kappa shape index (κ3) is 20.8. The van der Waals surface area contributed by atoms with Crippen LogP contribution in [0.1, 0.15) is 71.9 Å². The molecule has 0 heterocycles. The van der Waals surface area contributed by atoms with Gasteiger partial charge in [0.1, 0.15) is 0 Å². The van der Waals surface area contributed by atoms with Crippen molar-refractivity contribution in [3.63, 3.8) is 0 Å². The number of aryl methyl sites for hydroxylation is 2. The molecular formula is C22H45KN4O. The Labute approximate surface area is 217 Å². The maximum atomic E-state index is 11.7. The summed E-state index contributed by atoms with van der Waals surface area (Å²) in [5.41, 5.74) is 14.6. The zero-order chi connectivity index (χ0) is 21.7. The van der Waals surface area contributed by atoms with E-state index in [-0.39, 0.29) is 57.3 Å². The molecule has 1 aromatic carbocycles. The molecule has 160 valence electrons. The second-order valence-electron chi connectivity index (χ2n) is 5.41. The van der Waals surface area contributed by atoms with Gasteiger partial charge in [-0.3, -0.25) is 4.79 Å². The summed E-state index contributed by atoms with van der Waals surface area (Å²) in [4.78, 5) is 11.7. The number of nitrogens with two attached hydrogens (primary N) is 2. The number of benzene rings is 1. The largest absolute Gasteiger partial charge is 1.00 e. The SMILES string of the molecule is CC.CC.CC.Cc1cc(C)cc([N-]CCNC(=O)C(N)CCCCN)c1.[K+]. The fourth-order valence-electron chi connectivity index (χ4n) is 2.18. The van der Waals surface area contributed by atoms with Crippen LogP contribution >= 0.6 is 0 Å². The molecule has 1 atom stereocenters. The topological polar surface area (TPSA) is 95.2 Å². The third-order valence-corrected chi connectivity index (χ3v) is 3.22. The molecule has 1 aromatic rings. The molecule has 0 aromatic heterocycles. The predicted molar refractivity (Wildman–Crippen MR) is 122 cm³/mol. The molecule has 1 rings (SSSR count). The molecule has 0 aliphatic carbocycles. The maximum absolute atomic E-state index is 11.7. The van der Waals surface area contributed by atoms with E-state index >= 15 is 0 Å². The van der Waals surface area contributed by atoms with E-state index in [0.717, 1.165) is 18.5 Å². The van der Waals surface area contributed by atoms with E-state index in [1.165, 1.54) is 11.1 Å². The number of amides is 1. The van der Waals surface area contributed by atoms with Gasteiger partial charge in [0.25, 0.3) is 0 Å². The molecule has 0 fully saturated rings. The number of hydrogen-bond donors (Lipinski definition) is 3. The van der Waals surface area contributed by atoms with Crippen LogP contribution in [0, 0.1) is 13.8 Å². The third-order valence-electron chi connectivity index (χ3n) is 3.22. The van der Waals surface area contributed by atoms with E-state index in [1.54, 1.807) is 0 Å². The Kier molecular flexibility index (Phi) is 34.3. The summed E-state index contributed by atoms with van der Waals surface area (Å²) < 4.78 is 0. The van der Waals surface area contributed by atoms with Crippen LogP contribution in [0.3, 0.4) is 0 Å². The van der Waals surface area contributed by atoms with Gasteiger partial charge in [0, 0.05) is 6.54 Å². The fraction of sp³-hybridized carbons (Fsp3) is 0.682. The summed E-state index contributed by atoms with van der Waals surface area (Å²) in [5, 5.41) is 7.28. The second-order valence-corrected chi connectivity index (χ2v) is 5.41. The van der Waals surface area contributed by atoms with Gasteiger partial charge in [-0.05, 0) is 33.2 Å². The van der Waals surface area contributed by atoms with Gasteiger partial charge in [-0.2, -0.15) is 0 Å². The first kappa shape index (κ1) is 35.5. The van der Waals surface area contributed by atoms with Crippen molar-refractivity contribution in [2.45, 2.75) is 80.7 Å². The molecule has 5 N–H and O–H groups in total. The number of rotatable bonds is 9. The molecular weight excluding hydrogens is 375 g/mol. The van der Waals surface area contributed by atoms with E-state index in [9.17, 15) is 4.79 Å². The average Bonchev–Trinajstić information content (AvgIpc) is 2.69. The molecule has 0 aliphatic heterocycles. The van der Waals surface area contributed by atoms with Crippen molar-refractivity contribution in [2.24, 2.45) is 11.5 Å². The zero-order valence-electron chi connectivity index (χ0n) is 20.1. The van der Waals surface area contributed by atoms with Crippen LogP contribution in [0.5, 0.6) is 0 Å². The summed E-state index contributed by atoms with van der Waals surface area (Å²) in [6.07, 6.45) is 2.47. The Morgan fingerprint density at radius 1 is 1.00 bits per heavy atom. The first-order chi connectivity index (χ1) is 13.0. The van der Waals surface area contributed by atoms with Gasteiger partial charge in [0.05, 0.1) is 6.04 Å². The number of carbonyl (C=O) groups excluding carboxylic acids is 1. The van der Waals surface area contributed by atoms with Crippen LogP contribution in [0.25, 0.3) is 5.32 Å². The van der Waals surface area contributed by atoms with Crippen LogP contribution in [0.15, 0.2) is 18.2 Å². The normalized spacial score (nSPS) is 9.64. The van der Waals surface area contributed by atoms with Crippen molar-refractivity contribution in [1.29, 1.82) is 0 Å². The number of nitrogens with one attached hydrogen (secondary N) is 1. The summed E-state index contributed by atoms with van der Waals surface area (Å²) in [6, 6.07) is 5.74. The van der Waals surface area contributed by atoms with Crippen molar-refractivity contribution >= 4 is 11.6 Å². The maximum Gasteiger partial charge on any atom is 1.00 e. The van der Waals surface area contributed by atoms with Crippen LogP contribution in [0.2, 0.25) is 0 Å². The molecule has 1 amide bonds. The van der Waals surface area contributed by atoms with E-state index in [2.05, 4.69) is 16.7 Å². The molecule has 0 aliphatic rings. The van der Waals surface area contributed by atoms with Crippen molar-refractivity contribution < 1.29 is 56.2 Å². The van der Waals surface area contributed by atoms with Gasteiger partial charge in [-0.15, -0.1) is 12.2 Å². The van der Waals surface area contributed by atoms with Crippen LogP contribution in [-0.4, -0.2) is 31.6 Å². The molecule has 6 heteroatoms. The van der Waals surface area contributed by atoms with Gasteiger partial charge in [-0.1, -0.05) is 77.3 Å². The van der Waals surface area contributed by atoms with Crippen LogP contribution in [-0.2, 0) is 4.79 Å². The summed E-state index contributed by atoms with van der Waals surface area (Å²) >= 11 is 0. The van der Waals surface area contributed by atoms with E-state index in [4.69, 9.17) is 11.5 Å². The molecule has 0 spiro atoms. The molecule has 28 heavy (non-hydrogen) atoms. The smallest absolute Gasteiger partial charge is 0.683 e. The summed E-state index contributed by atoms with van der Waals surface area (Å²) in [6.45, 7) is 17.8. The van der Waals surface area contributed by atoms with E-state index in [1.807, 2.05) is 67.5 Å². The minimum atomic E-state index is -0.447. The minimum absolute atomic E-state index is 0. The van der Waals surface area contributed by atoms with Crippen molar-refractivity contribution in [3.05, 3.63) is 34.6 Å². The van der Waals surface area contributed by atoms with E-state index in [0.29, 0.717) is 26.1 Å². The monoisotopic (exact) mass is 420 g/mol. The van der Waals surface area contributed by atoms with Gasteiger partial charge in [0.2, 0.25) is 5.91 Å². The Bertz CT molecular complexity index is 436. The number of unbranched alkanes of at least 4 members (excludes halogenated alkanes) is 1. The number of carbonyl (C=O) groups is 1. The number of nitrogens with zero attached hydrogens (tertiary/aromatic N) is 1. The van der Waals surface area contributed by atoms with Gasteiger partial charge in [0.15, 0.2) is 0 Å². The van der Waals surface area contributed by atoms with Crippen molar-refractivity contribution in [1.82, 2.24) is 5.32 Å². The average molecular weight is 421 g/mol. The first-order valence-electron chi connectivity index (χ1n) is 10.5. The Morgan fingerprint density at radius 3 is 1.96 bits per heavy atom. The first-order valence-corrected chi connectivity index (χ1v) is 10.5. The molecule has 1 unspecified atom stereocenters. The Morgan fingerprint density at radius 2 is 1.50 bits per heavy atom. The van der Waals surface area contributed by atoms with Gasteiger partial charge in [-0.25, -0.2) is 0 Å². The summed E-state index contributed by atoms with van der Waals surface area (Å²) in [7, 11) is 0. The van der Waals surface area contributed by atoms with E-state index < -0.39 is 6.04 Å². The Hall–Kier alpha value is 0.0464. The molecule has 0 saturated carbocycles. The van der Waals surface area contributed by atoms with Crippen molar-refractivity contribution in [2.75, 3.05) is 19.6 Å². The standard InChI is InChI=1S/C16H27N4O.3C2H6.K/c1-12-9-13(2)11-14(10-12)19-7-8-20-16(21)15(18)5-3-4-6-17;3*1-2;/h9-11,15H,3-8,17-18H2,1-2H3,(H,20,21);3*1-2H3;/q-1;;;;+1. The molecule has 5 nitrogen and oxygen atoms in total. The second kappa shape index (κ2) is 27.0. The quantitative estimate of drug-likeness (QED) is 0.421. The molecule has 0 bridgehead atoms. The predicted octanol–water partition coefficient (Wildman–Crippen LogP) is 1.96. The van der Waals surface area contributed by atoms with Gasteiger partial charge >= 0.3 is 51.4 Å². The minimum Gasteiger partial charge on any atom is -0.683 e. The zero-order valence-corrected chi connectivity index (χ0v) is 23.2. The fourth-order valence-corrected chi connectivity index (χ4v) is 2.18. The molecule has 0 saturated heterocycles. The number of hydrogen-bond acceptors (Lipinski definition) is 3. The van der Waals surface area contributed by atoms with Crippen molar-refractivity contribution in [3.8, 4) is 0 Å². The van der Waals surface area contributed by atoms with Crippen LogP contribution in [0.4, 0.5) is 5.69 Å². The summed E-state index contributed by atoms with van der Waals surface area (Å²) in [5.74, 6) is -0.109. The molecule has 0 radical (unpaired) electrons.